The van der Waals surface area contributed by atoms with Crippen molar-refractivity contribution >= 4 is 27.9 Å². The summed E-state index contributed by atoms with van der Waals surface area (Å²) in [6.07, 6.45) is 6.38. The van der Waals surface area contributed by atoms with E-state index in [2.05, 4.69) is 20.3 Å². The summed E-state index contributed by atoms with van der Waals surface area (Å²) < 4.78 is 21.9. The highest BCUT2D eigenvalue weighted by atomic mass is 19.1. The summed E-state index contributed by atoms with van der Waals surface area (Å²) in [6.45, 7) is 0.407. The Labute approximate surface area is 153 Å². The highest BCUT2D eigenvalue weighted by Crippen LogP contribution is 2.30. The Morgan fingerprint density at radius 3 is 2.89 bits per heavy atom. The third-order valence-electron chi connectivity index (χ3n) is 4.41. The van der Waals surface area contributed by atoms with Crippen LogP contribution in [0.1, 0.15) is 5.56 Å². The summed E-state index contributed by atoms with van der Waals surface area (Å²) in [5.74, 6) is 0.263. The first-order valence-electron chi connectivity index (χ1n) is 8.42. The first-order chi connectivity index (χ1) is 13.3. The van der Waals surface area contributed by atoms with Crippen molar-refractivity contribution in [2.24, 2.45) is 0 Å². The molecule has 0 aliphatic heterocycles. The van der Waals surface area contributed by atoms with Crippen molar-refractivity contribution in [3.05, 3.63) is 78.9 Å². The molecule has 3 heterocycles. The Kier molecular flexibility index (Phi) is 3.57. The molecule has 0 atom stereocenters. The average molecular weight is 359 g/mol. The van der Waals surface area contributed by atoms with Crippen LogP contribution in [0.4, 0.5) is 10.2 Å². The maximum absolute atomic E-state index is 14.4. The molecule has 6 nitrogen and oxygen atoms in total. The van der Waals surface area contributed by atoms with Gasteiger partial charge in [0.25, 0.3) is 0 Å². The molecule has 0 bridgehead atoms. The van der Waals surface area contributed by atoms with Gasteiger partial charge in [-0.1, -0.05) is 18.2 Å². The zero-order valence-electron chi connectivity index (χ0n) is 14.1. The second kappa shape index (κ2) is 6.21. The van der Waals surface area contributed by atoms with Crippen LogP contribution in [0.2, 0.25) is 0 Å². The van der Waals surface area contributed by atoms with Crippen LogP contribution in [0.25, 0.3) is 27.8 Å². The fourth-order valence-corrected chi connectivity index (χ4v) is 3.11. The van der Waals surface area contributed by atoms with E-state index >= 15 is 0 Å². The number of fused-ring (bicyclic) bond motifs is 3. The molecule has 0 spiro atoms. The summed E-state index contributed by atoms with van der Waals surface area (Å²) in [6, 6.07) is 12.8. The minimum Gasteiger partial charge on any atom is -0.450 e. The number of aromatic nitrogens is 4. The van der Waals surface area contributed by atoms with E-state index in [0.29, 0.717) is 23.6 Å². The third-order valence-corrected chi connectivity index (χ3v) is 4.41. The Hall–Kier alpha value is -3.74. The number of imidazole rings is 1. The van der Waals surface area contributed by atoms with Crippen molar-refractivity contribution in [3.63, 3.8) is 0 Å². The van der Waals surface area contributed by atoms with Crippen LogP contribution in [-0.4, -0.2) is 19.5 Å². The summed E-state index contributed by atoms with van der Waals surface area (Å²) in [4.78, 5) is 12.5. The zero-order chi connectivity index (χ0) is 18.2. The lowest BCUT2D eigenvalue weighted by molar-refractivity contribution is 0.616. The van der Waals surface area contributed by atoms with Crippen LogP contribution in [0, 0.1) is 5.82 Å². The monoisotopic (exact) mass is 359 g/mol. The lowest BCUT2D eigenvalue weighted by Crippen LogP contribution is -2.03. The van der Waals surface area contributed by atoms with E-state index in [1.54, 1.807) is 29.4 Å². The highest BCUT2D eigenvalue weighted by molar-refractivity contribution is 6.05. The molecule has 0 radical (unpaired) electrons. The minimum absolute atomic E-state index is 0.316. The largest absolute Gasteiger partial charge is 0.450 e. The fraction of sp³-hybridized carbons (Fsp3) is 0.0500. The number of furan rings is 1. The van der Waals surface area contributed by atoms with E-state index in [-0.39, 0.29) is 5.82 Å². The molecule has 2 aromatic carbocycles. The van der Waals surface area contributed by atoms with E-state index in [0.717, 1.165) is 22.0 Å². The van der Waals surface area contributed by atoms with Crippen LogP contribution in [0.5, 0.6) is 0 Å². The molecule has 5 aromatic rings. The van der Waals surface area contributed by atoms with E-state index in [9.17, 15) is 4.39 Å². The molecule has 1 N–H and O–H groups in total. The molecule has 5 rings (SSSR count). The van der Waals surface area contributed by atoms with Gasteiger partial charge in [0.05, 0.1) is 12.0 Å². The molecular formula is C20H14FN5O. The van der Waals surface area contributed by atoms with Crippen molar-refractivity contribution in [3.8, 4) is 5.69 Å². The predicted octanol–water partition coefficient (Wildman–Crippen LogP) is 4.31. The molecule has 0 aliphatic rings. The summed E-state index contributed by atoms with van der Waals surface area (Å²) >= 11 is 0. The SMILES string of the molecule is Fc1cc(CNc2ncnc3c2oc2ccccc23)ccc1-n1ccnc1. The molecule has 0 fully saturated rings. The molecule has 0 unspecified atom stereocenters. The second-order valence-electron chi connectivity index (χ2n) is 6.11. The topological polar surface area (TPSA) is 68.8 Å². The molecular weight excluding hydrogens is 345 g/mol. The first-order valence-corrected chi connectivity index (χ1v) is 8.42. The Balaban J connectivity index is 1.44. The molecule has 3 aromatic heterocycles. The Morgan fingerprint density at radius 2 is 2.04 bits per heavy atom. The van der Waals surface area contributed by atoms with Gasteiger partial charge in [-0.15, -0.1) is 0 Å². The maximum Gasteiger partial charge on any atom is 0.196 e. The number of nitrogens with zero attached hydrogens (tertiary/aromatic N) is 4. The van der Waals surface area contributed by atoms with Gasteiger partial charge in [-0.05, 0) is 29.8 Å². The number of benzene rings is 2. The van der Waals surface area contributed by atoms with Crippen molar-refractivity contribution in [1.82, 2.24) is 19.5 Å². The van der Waals surface area contributed by atoms with Crippen LogP contribution in [0.3, 0.4) is 0 Å². The van der Waals surface area contributed by atoms with Crippen molar-refractivity contribution in [2.75, 3.05) is 5.32 Å². The first kappa shape index (κ1) is 15.5. The number of para-hydroxylation sites is 1. The van der Waals surface area contributed by atoms with E-state index in [1.807, 2.05) is 30.3 Å². The van der Waals surface area contributed by atoms with E-state index < -0.39 is 0 Å². The minimum atomic E-state index is -0.316. The lowest BCUT2D eigenvalue weighted by atomic mass is 10.2. The van der Waals surface area contributed by atoms with E-state index in [4.69, 9.17) is 4.42 Å². The van der Waals surface area contributed by atoms with Crippen LogP contribution < -0.4 is 5.32 Å². The number of anilines is 1. The van der Waals surface area contributed by atoms with Crippen molar-refractivity contribution in [1.29, 1.82) is 0 Å². The zero-order valence-corrected chi connectivity index (χ0v) is 14.1. The molecule has 0 saturated heterocycles. The smallest absolute Gasteiger partial charge is 0.196 e. The molecule has 132 valence electrons. The maximum atomic E-state index is 14.4. The van der Waals surface area contributed by atoms with Gasteiger partial charge in [0.15, 0.2) is 11.4 Å². The third kappa shape index (κ3) is 2.69. The normalized spacial score (nSPS) is 11.3. The van der Waals surface area contributed by atoms with Gasteiger partial charge in [-0.2, -0.15) is 0 Å². The Bertz CT molecular complexity index is 1250. The quantitative estimate of drug-likeness (QED) is 0.518. The van der Waals surface area contributed by atoms with E-state index in [1.165, 1.54) is 12.4 Å². The van der Waals surface area contributed by atoms with Crippen LogP contribution >= 0.6 is 0 Å². The number of rotatable bonds is 4. The molecule has 27 heavy (non-hydrogen) atoms. The number of hydrogen-bond donors (Lipinski definition) is 1. The predicted molar refractivity (Wildman–Crippen MR) is 100 cm³/mol. The van der Waals surface area contributed by atoms with Gasteiger partial charge in [-0.3, -0.25) is 0 Å². The van der Waals surface area contributed by atoms with Crippen LogP contribution in [-0.2, 0) is 6.54 Å². The fourth-order valence-electron chi connectivity index (χ4n) is 3.11. The van der Waals surface area contributed by atoms with Gasteiger partial charge >= 0.3 is 0 Å². The van der Waals surface area contributed by atoms with Gasteiger partial charge in [0.1, 0.15) is 23.2 Å². The Morgan fingerprint density at radius 1 is 1.11 bits per heavy atom. The number of halogens is 1. The second-order valence-corrected chi connectivity index (χ2v) is 6.11. The molecule has 0 saturated carbocycles. The molecule has 7 heteroatoms. The van der Waals surface area contributed by atoms with Gasteiger partial charge < -0.3 is 14.3 Å². The lowest BCUT2D eigenvalue weighted by Gasteiger charge is -2.08. The summed E-state index contributed by atoms with van der Waals surface area (Å²) in [7, 11) is 0. The van der Waals surface area contributed by atoms with Crippen molar-refractivity contribution in [2.45, 2.75) is 6.54 Å². The van der Waals surface area contributed by atoms with Gasteiger partial charge in [0, 0.05) is 24.3 Å². The van der Waals surface area contributed by atoms with Gasteiger partial charge in [-0.25, -0.2) is 19.3 Å². The highest BCUT2D eigenvalue weighted by Gasteiger charge is 2.13. The standard InChI is InChI=1S/C20H14FN5O/c21-15-9-13(5-6-16(15)26-8-7-22-12-26)10-23-20-19-18(24-11-25-20)14-3-1-2-4-17(14)27-19/h1-9,11-12H,10H2,(H,23,24,25). The van der Waals surface area contributed by atoms with Crippen LogP contribution in [0.15, 0.2) is 71.9 Å². The number of nitrogens with one attached hydrogen (secondary N) is 1. The summed E-state index contributed by atoms with van der Waals surface area (Å²) in [5.41, 5.74) is 3.35. The van der Waals surface area contributed by atoms with Crippen molar-refractivity contribution < 1.29 is 8.81 Å². The van der Waals surface area contributed by atoms with Gasteiger partial charge in [0.2, 0.25) is 0 Å². The summed E-state index contributed by atoms with van der Waals surface area (Å²) in [5, 5.41) is 4.15. The number of hydrogen-bond acceptors (Lipinski definition) is 5. The molecule has 0 aliphatic carbocycles. The molecule has 0 amide bonds. The average Bonchev–Trinajstić information content (AvgIpc) is 3.34.